The van der Waals surface area contributed by atoms with Crippen molar-refractivity contribution in [2.45, 2.75) is 19.9 Å². The summed E-state index contributed by atoms with van der Waals surface area (Å²) in [6, 6.07) is 0. The van der Waals surface area contributed by atoms with Crippen LogP contribution in [0.1, 0.15) is 22.5 Å². The van der Waals surface area contributed by atoms with E-state index in [-0.39, 0.29) is 5.56 Å². The van der Waals surface area contributed by atoms with Gasteiger partial charge in [0, 0.05) is 26.0 Å². The molecule has 0 amide bonds. The summed E-state index contributed by atoms with van der Waals surface area (Å²) in [4.78, 5) is 10.8. The normalized spacial score (nSPS) is 10.7. The fourth-order valence-electron chi connectivity index (χ4n) is 1.44. The molecule has 0 fully saturated rings. The molecule has 0 radical (unpaired) electrons. The van der Waals surface area contributed by atoms with E-state index in [9.17, 15) is 4.79 Å². The van der Waals surface area contributed by atoms with Gasteiger partial charge < -0.3 is 14.6 Å². The summed E-state index contributed by atoms with van der Waals surface area (Å²) in [6.07, 6.45) is 2.22. The Kier molecular flexibility index (Phi) is 5.65. The van der Waals surface area contributed by atoms with E-state index in [0.717, 1.165) is 6.42 Å². The van der Waals surface area contributed by atoms with E-state index in [2.05, 4.69) is 5.10 Å². The van der Waals surface area contributed by atoms with Crippen molar-refractivity contribution in [3.63, 3.8) is 0 Å². The molecule has 0 aliphatic heterocycles. The van der Waals surface area contributed by atoms with Crippen molar-refractivity contribution in [2.24, 2.45) is 0 Å². The smallest absolute Gasteiger partial charge is 0.339 e. The lowest BCUT2D eigenvalue weighted by Crippen LogP contribution is -2.11. The van der Waals surface area contributed by atoms with E-state index < -0.39 is 5.97 Å². The van der Waals surface area contributed by atoms with Crippen LogP contribution in [0.3, 0.4) is 0 Å². The summed E-state index contributed by atoms with van der Waals surface area (Å²) in [5.74, 6) is -0.949. The quantitative estimate of drug-likeness (QED) is 0.687. The minimum absolute atomic E-state index is 0.240. The minimum Gasteiger partial charge on any atom is -0.478 e. The monoisotopic (exact) mass is 242 g/mol. The predicted molar refractivity (Wildman–Crippen MR) is 61.2 cm³/mol. The maximum Gasteiger partial charge on any atom is 0.339 e. The van der Waals surface area contributed by atoms with E-state index >= 15 is 0 Å². The number of carboxylic acid groups (broad SMARTS) is 1. The van der Waals surface area contributed by atoms with Crippen LogP contribution in [0.15, 0.2) is 6.20 Å². The Labute approximate surface area is 100 Å². The van der Waals surface area contributed by atoms with Gasteiger partial charge in [-0.05, 0) is 13.3 Å². The highest BCUT2D eigenvalue weighted by Crippen LogP contribution is 2.06. The van der Waals surface area contributed by atoms with E-state index in [1.165, 1.54) is 6.20 Å². The molecule has 0 atom stereocenters. The molecule has 0 aliphatic carbocycles. The van der Waals surface area contributed by atoms with Crippen LogP contribution >= 0.6 is 0 Å². The number of ether oxygens (including phenoxy) is 2. The van der Waals surface area contributed by atoms with Gasteiger partial charge in [-0.15, -0.1) is 0 Å². The topological polar surface area (TPSA) is 73.6 Å². The maximum atomic E-state index is 10.8. The third kappa shape index (κ3) is 4.16. The highest BCUT2D eigenvalue weighted by Gasteiger charge is 2.11. The molecular formula is C11H18N2O4. The molecule has 0 saturated carbocycles. The maximum absolute atomic E-state index is 10.8. The van der Waals surface area contributed by atoms with Crippen molar-refractivity contribution in [3.05, 3.63) is 17.5 Å². The van der Waals surface area contributed by atoms with Gasteiger partial charge in [-0.1, -0.05) is 0 Å². The van der Waals surface area contributed by atoms with Crippen LogP contribution in [0.2, 0.25) is 0 Å². The Bertz CT molecular complexity index is 362. The molecular weight excluding hydrogens is 224 g/mol. The number of carboxylic acids is 1. The standard InChI is InChI=1S/C11H18N2O4/c1-9-10(11(14)15)8-12-13(9)4-7-17-6-3-5-16-2/h8H,3-7H2,1-2H3,(H,14,15). The van der Waals surface area contributed by atoms with Crippen LogP contribution in [0, 0.1) is 6.92 Å². The van der Waals surface area contributed by atoms with E-state index in [0.29, 0.717) is 32.1 Å². The molecule has 1 rings (SSSR count). The van der Waals surface area contributed by atoms with Gasteiger partial charge >= 0.3 is 5.97 Å². The Hall–Kier alpha value is -1.40. The van der Waals surface area contributed by atoms with E-state index in [1.807, 2.05) is 0 Å². The van der Waals surface area contributed by atoms with Crippen LogP contribution < -0.4 is 0 Å². The first kappa shape index (κ1) is 13.7. The SMILES string of the molecule is COCCCOCCn1ncc(C(=O)O)c1C. The molecule has 6 nitrogen and oxygen atoms in total. The molecule has 0 aliphatic rings. The Morgan fingerprint density at radius 3 is 2.82 bits per heavy atom. The van der Waals surface area contributed by atoms with Crippen LogP contribution in [-0.4, -0.2) is 47.8 Å². The third-order valence-electron chi connectivity index (χ3n) is 2.42. The van der Waals surface area contributed by atoms with Crippen molar-refractivity contribution in [1.29, 1.82) is 0 Å². The number of methoxy groups -OCH3 is 1. The predicted octanol–water partition coefficient (Wildman–Crippen LogP) is 0.943. The van der Waals surface area contributed by atoms with Gasteiger partial charge in [0.2, 0.25) is 0 Å². The Balaban J connectivity index is 2.30. The number of hydrogen-bond acceptors (Lipinski definition) is 4. The molecule has 1 aromatic heterocycles. The number of nitrogens with zero attached hydrogens (tertiary/aromatic N) is 2. The summed E-state index contributed by atoms with van der Waals surface area (Å²) in [6.45, 7) is 4.14. The molecule has 1 aromatic rings. The molecule has 0 unspecified atom stereocenters. The average molecular weight is 242 g/mol. The van der Waals surface area contributed by atoms with Gasteiger partial charge in [0.1, 0.15) is 5.56 Å². The zero-order valence-corrected chi connectivity index (χ0v) is 10.2. The van der Waals surface area contributed by atoms with Gasteiger partial charge in [-0.2, -0.15) is 5.10 Å². The molecule has 0 spiro atoms. The second kappa shape index (κ2) is 7.03. The lowest BCUT2D eigenvalue weighted by atomic mass is 10.3. The van der Waals surface area contributed by atoms with Gasteiger partial charge in [0.25, 0.3) is 0 Å². The zero-order chi connectivity index (χ0) is 12.7. The van der Waals surface area contributed by atoms with E-state index in [1.54, 1.807) is 18.7 Å². The van der Waals surface area contributed by atoms with Crippen molar-refractivity contribution in [2.75, 3.05) is 26.9 Å². The lowest BCUT2D eigenvalue weighted by molar-refractivity contribution is 0.0695. The van der Waals surface area contributed by atoms with Crippen LogP contribution in [0.25, 0.3) is 0 Å². The fraction of sp³-hybridized carbons (Fsp3) is 0.636. The summed E-state index contributed by atoms with van der Waals surface area (Å²) >= 11 is 0. The molecule has 0 aromatic carbocycles. The summed E-state index contributed by atoms with van der Waals surface area (Å²) in [5.41, 5.74) is 0.891. The minimum atomic E-state index is -0.949. The number of rotatable bonds is 8. The first-order valence-corrected chi connectivity index (χ1v) is 5.49. The summed E-state index contributed by atoms with van der Waals surface area (Å²) in [5, 5.41) is 12.9. The van der Waals surface area contributed by atoms with Crippen molar-refractivity contribution in [3.8, 4) is 0 Å². The van der Waals surface area contributed by atoms with Crippen molar-refractivity contribution >= 4 is 5.97 Å². The lowest BCUT2D eigenvalue weighted by Gasteiger charge is -2.06. The van der Waals surface area contributed by atoms with Gasteiger partial charge in [-0.25, -0.2) is 4.79 Å². The highest BCUT2D eigenvalue weighted by atomic mass is 16.5. The van der Waals surface area contributed by atoms with Gasteiger partial charge in [-0.3, -0.25) is 4.68 Å². The fourth-order valence-corrected chi connectivity index (χ4v) is 1.44. The number of hydrogen-bond donors (Lipinski definition) is 1. The molecule has 6 heteroatoms. The van der Waals surface area contributed by atoms with E-state index in [4.69, 9.17) is 14.6 Å². The molecule has 0 saturated heterocycles. The van der Waals surface area contributed by atoms with Gasteiger partial charge in [0.15, 0.2) is 0 Å². The number of aromatic nitrogens is 2. The molecule has 0 bridgehead atoms. The number of carbonyl (C=O) groups is 1. The molecule has 17 heavy (non-hydrogen) atoms. The van der Waals surface area contributed by atoms with Crippen molar-refractivity contribution < 1.29 is 19.4 Å². The van der Waals surface area contributed by atoms with Gasteiger partial charge in [0.05, 0.1) is 19.3 Å². The number of aromatic carboxylic acids is 1. The largest absolute Gasteiger partial charge is 0.478 e. The molecule has 1 N–H and O–H groups in total. The Morgan fingerprint density at radius 2 is 2.24 bits per heavy atom. The van der Waals surface area contributed by atoms with Crippen molar-refractivity contribution in [1.82, 2.24) is 9.78 Å². The first-order valence-electron chi connectivity index (χ1n) is 5.49. The zero-order valence-electron chi connectivity index (χ0n) is 10.2. The average Bonchev–Trinajstić information content (AvgIpc) is 2.65. The van der Waals surface area contributed by atoms with Crippen LogP contribution in [0.4, 0.5) is 0 Å². The highest BCUT2D eigenvalue weighted by molar-refractivity contribution is 5.88. The Morgan fingerprint density at radius 1 is 1.47 bits per heavy atom. The first-order chi connectivity index (χ1) is 8.16. The third-order valence-corrected chi connectivity index (χ3v) is 2.42. The summed E-state index contributed by atoms with van der Waals surface area (Å²) < 4.78 is 11.9. The molecule has 1 heterocycles. The molecule has 96 valence electrons. The van der Waals surface area contributed by atoms with Crippen LogP contribution in [0.5, 0.6) is 0 Å². The second-order valence-corrected chi connectivity index (χ2v) is 3.63. The van der Waals surface area contributed by atoms with Crippen LogP contribution in [-0.2, 0) is 16.0 Å². The summed E-state index contributed by atoms with van der Waals surface area (Å²) in [7, 11) is 1.65. The second-order valence-electron chi connectivity index (χ2n) is 3.63.